The van der Waals surface area contributed by atoms with Crippen molar-refractivity contribution in [2.45, 2.75) is 65.2 Å². The quantitative estimate of drug-likeness (QED) is 0.765. The van der Waals surface area contributed by atoms with Crippen LogP contribution in [0, 0.1) is 34.5 Å². The Kier molecular flexibility index (Phi) is 4.43. The number of oxime groups is 1. The van der Waals surface area contributed by atoms with E-state index in [9.17, 15) is 14.4 Å². The highest BCUT2D eigenvalue weighted by atomic mass is 16.6. The van der Waals surface area contributed by atoms with Crippen LogP contribution in [0.15, 0.2) is 5.16 Å². The van der Waals surface area contributed by atoms with Crippen molar-refractivity contribution in [2.75, 3.05) is 6.61 Å². The van der Waals surface area contributed by atoms with Crippen molar-refractivity contribution < 1.29 is 24.3 Å². The van der Waals surface area contributed by atoms with Crippen LogP contribution < -0.4 is 0 Å². The molecule has 0 bridgehead atoms. The summed E-state index contributed by atoms with van der Waals surface area (Å²) in [6.45, 7) is 3.95. The molecule has 4 fully saturated rings. The molecule has 6 nitrogen and oxygen atoms in total. The number of hydrogen-bond donors (Lipinski definition) is 1. The highest BCUT2D eigenvalue weighted by molar-refractivity contribution is 5.93. The zero-order chi connectivity index (χ0) is 19.4. The van der Waals surface area contributed by atoms with Gasteiger partial charge >= 0.3 is 5.97 Å². The molecule has 0 heterocycles. The van der Waals surface area contributed by atoms with E-state index in [1.165, 1.54) is 0 Å². The molecule has 0 aliphatic heterocycles. The average Bonchev–Trinajstić information content (AvgIpc) is 2.91. The van der Waals surface area contributed by atoms with E-state index in [2.05, 4.69) is 19.0 Å². The Morgan fingerprint density at radius 1 is 1.15 bits per heavy atom. The van der Waals surface area contributed by atoms with Gasteiger partial charge in [-0.25, -0.2) is 4.79 Å². The summed E-state index contributed by atoms with van der Waals surface area (Å²) in [6, 6.07) is 0. The van der Waals surface area contributed by atoms with E-state index >= 15 is 0 Å². The molecule has 4 aliphatic carbocycles. The zero-order valence-corrected chi connectivity index (χ0v) is 16.2. The van der Waals surface area contributed by atoms with Gasteiger partial charge in [0.25, 0.3) is 0 Å². The molecule has 0 spiro atoms. The third-order valence-corrected chi connectivity index (χ3v) is 8.39. The Balaban J connectivity index is 1.55. The van der Waals surface area contributed by atoms with Crippen LogP contribution in [0.4, 0.5) is 0 Å². The summed E-state index contributed by atoms with van der Waals surface area (Å²) in [5, 5.41) is 12.7. The lowest BCUT2D eigenvalue weighted by atomic mass is 9.45. The molecule has 0 saturated heterocycles. The second-order valence-electron chi connectivity index (χ2n) is 9.55. The van der Waals surface area contributed by atoms with Crippen LogP contribution in [0.2, 0.25) is 0 Å². The van der Waals surface area contributed by atoms with E-state index in [-0.39, 0.29) is 16.7 Å². The van der Waals surface area contributed by atoms with Gasteiger partial charge in [0.1, 0.15) is 11.6 Å². The molecule has 6 atom stereocenters. The number of ketones is 2. The Hall–Kier alpha value is -1.72. The number of carbonyl (C=O) groups is 3. The number of nitrogens with zero attached hydrogens (tertiary/aromatic N) is 1. The SMILES string of the molecule is C[C@]12CC/C(=N\OCC(=O)O)CC1C(=O)CC1C2CC[C@]2(C)C(=O)CCC12. The van der Waals surface area contributed by atoms with Crippen molar-refractivity contribution in [1.82, 2.24) is 0 Å². The first-order valence-corrected chi connectivity index (χ1v) is 10.2. The predicted molar refractivity (Wildman–Crippen MR) is 98.1 cm³/mol. The second-order valence-corrected chi connectivity index (χ2v) is 9.55. The van der Waals surface area contributed by atoms with Crippen molar-refractivity contribution in [3.8, 4) is 0 Å². The number of carbonyl (C=O) groups excluding carboxylic acids is 2. The Bertz CT molecular complexity index is 715. The van der Waals surface area contributed by atoms with Crippen molar-refractivity contribution in [3.63, 3.8) is 0 Å². The first-order valence-electron chi connectivity index (χ1n) is 10.2. The summed E-state index contributed by atoms with van der Waals surface area (Å²) in [5.41, 5.74) is 0.553. The highest BCUT2D eigenvalue weighted by Crippen LogP contribution is 2.64. The Morgan fingerprint density at radius 3 is 2.67 bits per heavy atom. The van der Waals surface area contributed by atoms with Gasteiger partial charge in [-0.3, -0.25) is 9.59 Å². The van der Waals surface area contributed by atoms with Gasteiger partial charge in [-0.1, -0.05) is 19.0 Å². The summed E-state index contributed by atoms with van der Waals surface area (Å²) in [5.74, 6) is 0.789. The van der Waals surface area contributed by atoms with Crippen LogP contribution >= 0.6 is 0 Å². The minimum absolute atomic E-state index is 0.0429. The summed E-state index contributed by atoms with van der Waals surface area (Å²) < 4.78 is 0. The maximum atomic E-state index is 13.1. The molecule has 1 N–H and O–H groups in total. The number of Topliss-reactive ketones (excluding diaryl/α,β-unsaturated/α-hetero) is 2. The molecule has 0 radical (unpaired) electrons. The van der Waals surface area contributed by atoms with Gasteiger partial charge in [-0.15, -0.1) is 0 Å². The van der Waals surface area contributed by atoms with Gasteiger partial charge in [0.05, 0.1) is 5.71 Å². The number of carboxylic acids is 1. The predicted octanol–water partition coefficient (Wildman–Crippen LogP) is 3.23. The molecule has 4 aliphatic rings. The molecule has 6 heteroatoms. The topological polar surface area (TPSA) is 93.0 Å². The Morgan fingerprint density at radius 2 is 1.93 bits per heavy atom. The minimum atomic E-state index is -1.05. The zero-order valence-electron chi connectivity index (χ0n) is 16.2. The molecular formula is C21H29NO5. The fourth-order valence-corrected chi connectivity index (χ4v) is 6.88. The van der Waals surface area contributed by atoms with E-state index in [4.69, 9.17) is 9.94 Å². The highest BCUT2D eigenvalue weighted by Gasteiger charge is 2.62. The van der Waals surface area contributed by atoms with Crippen molar-refractivity contribution in [2.24, 2.45) is 39.7 Å². The number of aliphatic carboxylic acids is 1. The first-order chi connectivity index (χ1) is 12.8. The van der Waals surface area contributed by atoms with Gasteiger partial charge in [0.2, 0.25) is 6.61 Å². The molecule has 0 aromatic heterocycles. The first kappa shape index (κ1) is 18.6. The number of rotatable bonds is 3. The molecule has 0 aromatic rings. The maximum absolute atomic E-state index is 13.1. The number of hydrogen-bond acceptors (Lipinski definition) is 5. The second kappa shape index (κ2) is 6.42. The number of carboxylic acid groups (broad SMARTS) is 1. The van der Waals surface area contributed by atoms with Gasteiger partial charge in [-0.2, -0.15) is 0 Å². The lowest BCUT2D eigenvalue weighted by Crippen LogP contribution is -2.56. The van der Waals surface area contributed by atoms with E-state index in [1.807, 2.05) is 0 Å². The van der Waals surface area contributed by atoms with Crippen LogP contribution in [0.25, 0.3) is 0 Å². The van der Waals surface area contributed by atoms with Crippen LogP contribution in [-0.4, -0.2) is 35.0 Å². The monoisotopic (exact) mass is 375 g/mol. The van der Waals surface area contributed by atoms with Gasteiger partial charge < -0.3 is 9.94 Å². The molecule has 27 heavy (non-hydrogen) atoms. The standard InChI is InChI=1S/C21H29NO5/c1-20-7-5-12(22-27-11-19(25)26)9-16(20)17(23)10-13-14-3-4-18(24)21(14,2)8-6-15(13)20/h13-16H,3-11H2,1-2H3,(H,25,26)/b22-12+/t13?,14?,15?,16?,20-,21+/m1/s1. The molecular weight excluding hydrogens is 346 g/mol. The minimum Gasteiger partial charge on any atom is -0.479 e. The normalized spacial score (nSPS) is 45.2. The third-order valence-electron chi connectivity index (χ3n) is 8.39. The van der Waals surface area contributed by atoms with Crippen molar-refractivity contribution >= 4 is 23.2 Å². The van der Waals surface area contributed by atoms with Crippen molar-refractivity contribution in [1.29, 1.82) is 0 Å². The van der Waals surface area contributed by atoms with Crippen LogP contribution in [-0.2, 0) is 19.2 Å². The number of fused-ring (bicyclic) bond motifs is 5. The summed E-state index contributed by atoms with van der Waals surface area (Å²) in [7, 11) is 0. The fourth-order valence-electron chi connectivity index (χ4n) is 6.88. The lowest BCUT2D eigenvalue weighted by molar-refractivity contribution is -0.152. The van der Waals surface area contributed by atoms with E-state index in [0.717, 1.165) is 37.8 Å². The summed E-state index contributed by atoms with van der Waals surface area (Å²) in [6.07, 6.45) is 6.42. The smallest absolute Gasteiger partial charge is 0.344 e. The van der Waals surface area contributed by atoms with E-state index in [1.54, 1.807) is 0 Å². The van der Waals surface area contributed by atoms with Gasteiger partial charge in [0.15, 0.2) is 0 Å². The lowest BCUT2D eigenvalue weighted by Gasteiger charge is -2.58. The molecule has 4 unspecified atom stereocenters. The van der Waals surface area contributed by atoms with Crippen molar-refractivity contribution in [3.05, 3.63) is 0 Å². The largest absolute Gasteiger partial charge is 0.479 e. The molecule has 4 rings (SSSR count). The Labute approximate surface area is 159 Å². The maximum Gasteiger partial charge on any atom is 0.344 e. The van der Waals surface area contributed by atoms with E-state index < -0.39 is 12.6 Å². The van der Waals surface area contributed by atoms with Gasteiger partial charge in [0, 0.05) is 24.2 Å². The molecule has 0 aromatic carbocycles. The fraction of sp³-hybridized carbons (Fsp3) is 0.810. The molecule has 4 saturated carbocycles. The van der Waals surface area contributed by atoms with Crippen LogP contribution in [0.3, 0.4) is 0 Å². The average molecular weight is 375 g/mol. The molecule has 148 valence electrons. The third kappa shape index (κ3) is 2.83. The molecule has 0 amide bonds. The summed E-state index contributed by atoms with van der Waals surface area (Å²) in [4.78, 5) is 41.1. The van der Waals surface area contributed by atoms with Crippen LogP contribution in [0.5, 0.6) is 0 Å². The summed E-state index contributed by atoms with van der Waals surface area (Å²) >= 11 is 0. The van der Waals surface area contributed by atoms with Crippen LogP contribution in [0.1, 0.15) is 65.2 Å². The van der Waals surface area contributed by atoms with E-state index in [0.29, 0.717) is 48.6 Å². The van der Waals surface area contributed by atoms with Gasteiger partial charge in [-0.05, 0) is 61.7 Å².